The molecule has 20 heavy (non-hydrogen) atoms. The summed E-state index contributed by atoms with van der Waals surface area (Å²) >= 11 is 0. The van der Waals surface area contributed by atoms with Gasteiger partial charge in [0.05, 0.1) is 11.8 Å². The summed E-state index contributed by atoms with van der Waals surface area (Å²) in [6, 6.07) is 0. The Kier molecular flexibility index (Phi) is 6.51. The first-order chi connectivity index (χ1) is 9.46. The lowest BCUT2D eigenvalue weighted by molar-refractivity contribution is 0.0268. The van der Waals surface area contributed by atoms with Crippen molar-refractivity contribution >= 4 is 5.96 Å². The van der Waals surface area contributed by atoms with E-state index >= 15 is 0 Å². The van der Waals surface area contributed by atoms with Gasteiger partial charge in [0.15, 0.2) is 5.96 Å². The minimum atomic E-state index is -0.204. The van der Waals surface area contributed by atoms with Gasteiger partial charge in [-0.15, -0.1) is 0 Å². The van der Waals surface area contributed by atoms with Gasteiger partial charge in [0.25, 0.3) is 0 Å². The maximum atomic E-state index is 5.36. The second-order valence-electron chi connectivity index (χ2n) is 5.45. The summed E-state index contributed by atoms with van der Waals surface area (Å²) in [5.41, 5.74) is 0.988. The predicted octanol–water partition coefficient (Wildman–Crippen LogP) is 1.17. The Labute approximate surface area is 121 Å². The lowest BCUT2D eigenvalue weighted by atomic mass is 10.1. The third-order valence-corrected chi connectivity index (χ3v) is 3.08. The van der Waals surface area contributed by atoms with Crippen LogP contribution in [0.1, 0.15) is 25.8 Å². The monoisotopic (exact) mass is 281 g/mol. The van der Waals surface area contributed by atoms with Crippen molar-refractivity contribution in [3.63, 3.8) is 0 Å². The van der Waals surface area contributed by atoms with Gasteiger partial charge in [-0.25, -0.2) is 0 Å². The van der Waals surface area contributed by atoms with Crippen molar-refractivity contribution < 1.29 is 4.74 Å². The summed E-state index contributed by atoms with van der Waals surface area (Å²) in [5.74, 6) is 0.798. The van der Waals surface area contributed by atoms with Gasteiger partial charge in [-0.3, -0.25) is 9.67 Å². The van der Waals surface area contributed by atoms with E-state index in [1.54, 1.807) is 14.2 Å². The Balaban J connectivity index is 2.22. The Morgan fingerprint density at radius 2 is 2.20 bits per heavy atom. The molecule has 6 heteroatoms. The fourth-order valence-corrected chi connectivity index (χ4v) is 1.63. The molecule has 0 saturated heterocycles. The van der Waals surface area contributed by atoms with Gasteiger partial charge in [-0.2, -0.15) is 5.10 Å². The smallest absolute Gasteiger partial charge is 0.191 e. The van der Waals surface area contributed by atoms with E-state index in [4.69, 9.17) is 4.74 Å². The van der Waals surface area contributed by atoms with E-state index in [2.05, 4.69) is 20.7 Å². The maximum absolute atomic E-state index is 5.36. The second-order valence-corrected chi connectivity index (χ2v) is 5.45. The summed E-state index contributed by atoms with van der Waals surface area (Å²) < 4.78 is 7.32. The molecular formula is C14H27N5O. The second kappa shape index (κ2) is 7.89. The number of nitrogens with one attached hydrogen (secondary N) is 2. The zero-order chi connectivity index (χ0) is 15.0. The predicted molar refractivity (Wildman–Crippen MR) is 82.0 cm³/mol. The van der Waals surface area contributed by atoms with Crippen LogP contribution < -0.4 is 10.6 Å². The fourth-order valence-electron chi connectivity index (χ4n) is 1.63. The summed E-state index contributed by atoms with van der Waals surface area (Å²) in [6.07, 6.45) is 4.92. The van der Waals surface area contributed by atoms with Crippen LogP contribution in [0.3, 0.4) is 0 Å². The molecule has 1 heterocycles. The number of methoxy groups -OCH3 is 1. The molecule has 0 aliphatic carbocycles. The summed E-state index contributed by atoms with van der Waals surface area (Å²) in [5, 5.41) is 10.8. The number of aliphatic imine (C=N–C) groups is 1. The highest BCUT2D eigenvalue weighted by Crippen LogP contribution is 2.04. The van der Waals surface area contributed by atoms with Crippen molar-refractivity contribution in [3.05, 3.63) is 18.0 Å². The van der Waals surface area contributed by atoms with Crippen LogP contribution in [-0.2, 0) is 11.3 Å². The van der Waals surface area contributed by atoms with E-state index in [1.165, 1.54) is 5.56 Å². The van der Waals surface area contributed by atoms with Crippen LogP contribution in [0.5, 0.6) is 0 Å². The van der Waals surface area contributed by atoms with Crippen LogP contribution >= 0.6 is 0 Å². The van der Waals surface area contributed by atoms with Gasteiger partial charge in [0, 0.05) is 40.0 Å². The van der Waals surface area contributed by atoms with E-state index < -0.39 is 0 Å². The van der Waals surface area contributed by atoms with E-state index in [0.717, 1.165) is 25.5 Å². The number of hydrogen-bond acceptors (Lipinski definition) is 3. The summed E-state index contributed by atoms with van der Waals surface area (Å²) in [6.45, 7) is 8.58. The molecule has 0 radical (unpaired) electrons. The highest BCUT2D eigenvalue weighted by molar-refractivity contribution is 5.79. The van der Waals surface area contributed by atoms with Gasteiger partial charge in [-0.1, -0.05) is 0 Å². The first-order valence-electron chi connectivity index (χ1n) is 6.95. The molecule has 0 bridgehead atoms. The first-order valence-corrected chi connectivity index (χ1v) is 6.95. The molecule has 0 aliphatic heterocycles. The number of guanidine groups is 1. The van der Waals surface area contributed by atoms with Crippen LogP contribution in [0.15, 0.2) is 17.4 Å². The number of aryl methyl sites for hydroxylation is 2. The Hall–Kier alpha value is -1.56. The standard InChI is InChI=1S/C14H27N5O/c1-12-9-18-19(10-12)8-6-7-16-13(15-4)17-11-14(2,3)20-5/h9-10H,6-8,11H2,1-5H3,(H2,15,16,17). The van der Waals surface area contributed by atoms with E-state index in [9.17, 15) is 0 Å². The molecule has 0 atom stereocenters. The number of nitrogens with zero attached hydrogens (tertiary/aromatic N) is 3. The lowest BCUT2D eigenvalue weighted by Crippen LogP contribution is -2.45. The molecule has 1 aromatic rings. The number of aromatic nitrogens is 2. The van der Waals surface area contributed by atoms with Crippen molar-refractivity contribution in [2.45, 2.75) is 39.3 Å². The van der Waals surface area contributed by atoms with Crippen molar-refractivity contribution in [1.82, 2.24) is 20.4 Å². The van der Waals surface area contributed by atoms with Crippen molar-refractivity contribution in [2.24, 2.45) is 4.99 Å². The molecule has 2 N–H and O–H groups in total. The minimum Gasteiger partial charge on any atom is -0.377 e. The number of hydrogen-bond donors (Lipinski definition) is 2. The molecule has 6 nitrogen and oxygen atoms in total. The number of rotatable bonds is 7. The molecule has 0 saturated carbocycles. The fraction of sp³-hybridized carbons (Fsp3) is 0.714. The quantitative estimate of drug-likeness (QED) is 0.447. The molecule has 0 aromatic carbocycles. The molecule has 0 fully saturated rings. The molecule has 0 aliphatic rings. The van der Waals surface area contributed by atoms with Crippen LogP contribution in [-0.4, -0.2) is 48.6 Å². The highest BCUT2D eigenvalue weighted by atomic mass is 16.5. The number of ether oxygens (including phenoxy) is 1. The molecule has 0 amide bonds. The van der Waals surface area contributed by atoms with Gasteiger partial charge in [0.1, 0.15) is 0 Å². The van der Waals surface area contributed by atoms with Gasteiger partial charge in [-0.05, 0) is 32.8 Å². The van der Waals surface area contributed by atoms with Gasteiger partial charge in [0.2, 0.25) is 0 Å². The van der Waals surface area contributed by atoms with E-state index in [-0.39, 0.29) is 5.60 Å². The van der Waals surface area contributed by atoms with E-state index in [0.29, 0.717) is 6.54 Å². The summed E-state index contributed by atoms with van der Waals surface area (Å²) in [4.78, 5) is 4.19. The third-order valence-electron chi connectivity index (χ3n) is 3.08. The largest absolute Gasteiger partial charge is 0.377 e. The van der Waals surface area contributed by atoms with Crippen LogP contribution in [0.25, 0.3) is 0 Å². The Bertz CT molecular complexity index is 425. The van der Waals surface area contributed by atoms with Gasteiger partial charge >= 0.3 is 0 Å². The maximum Gasteiger partial charge on any atom is 0.191 e. The molecule has 0 spiro atoms. The molecule has 0 unspecified atom stereocenters. The zero-order valence-electron chi connectivity index (χ0n) is 13.2. The third kappa shape index (κ3) is 6.06. The average molecular weight is 281 g/mol. The van der Waals surface area contributed by atoms with Crippen molar-refractivity contribution in [2.75, 3.05) is 27.2 Å². The minimum absolute atomic E-state index is 0.204. The summed E-state index contributed by atoms with van der Waals surface area (Å²) in [7, 11) is 3.48. The Morgan fingerprint density at radius 3 is 2.75 bits per heavy atom. The van der Waals surface area contributed by atoms with Crippen LogP contribution in [0.2, 0.25) is 0 Å². The van der Waals surface area contributed by atoms with Crippen LogP contribution in [0, 0.1) is 6.92 Å². The first kappa shape index (κ1) is 16.5. The van der Waals surface area contributed by atoms with Crippen molar-refractivity contribution in [1.29, 1.82) is 0 Å². The highest BCUT2D eigenvalue weighted by Gasteiger charge is 2.16. The molecule has 114 valence electrons. The zero-order valence-corrected chi connectivity index (χ0v) is 13.2. The topological polar surface area (TPSA) is 63.5 Å². The van der Waals surface area contributed by atoms with Crippen molar-refractivity contribution in [3.8, 4) is 0 Å². The van der Waals surface area contributed by atoms with E-state index in [1.807, 2.05) is 37.8 Å². The molecule has 1 rings (SSSR count). The normalized spacial score (nSPS) is 12.6. The van der Waals surface area contributed by atoms with Gasteiger partial charge < -0.3 is 15.4 Å². The molecule has 1 aromatic heterocycles. The lowest BCUT2D eigenvalue weighted by Gasteiger charge is -2.24. The average Bonchev–Trinajstić information content (AvgIpc) is 2.83. The van der Waals surface area contributed by atoms with Crippen LogP contribution in [0.4, 0.5) is 0 Å². The molecular weight excluding hydrogens is 254 g/mol. The SMILES string of the molecule is CN=C(NCCCn1cc(C)cn1)NCC(C)(C)OC. The Morgan fingerprint density at radius 1 is 1.45 bits per heavy atom.